The minimum absolute atomic E-state index is 0.894. The van der Waals surface area contributed by atoms with Crippen LogP contribution >= 0.6 is 0 Å². The van der Waals surface area contributed by atoms with E-state index in [2.05, 4.69) is 19.8 Å². The third kappa shape index (κ3) is 2.02. The summed E-state index contributed by atoms with van der Waals surface area (Å²) < 4.78 is 0. The van der Waals surface area contributed by atoms with Crippen LogP contribution in [-0.2, 0) is 0 Å². The van der Waals surface area contributed by atoms with E-state index in [0.29, 0.717) is 0 Å². The maximum absolute atomic E-state index is 4.53. The molecule has 0 spiro atoms. The number of nitrogens with zero attached hydrogens (tertiary/aromatic N) is 4. The van der Waals surface area contributed by atoms with Gasteiger partial charge in [-0.15, -0.1) is 0 Å². The molecule has 1 aromatic heterocycles. The van der Waals surface area contributed by atoms with Crippen LogP contribution in [0.2, 0.25) is 0 Å². The van der Waals surface area contributed by atoms with Gasteiger partial charge in [-0.3, -0.25) is 9.88 Å². The zero-order valence-electron chi connectivity index (χ0n) is 9.76. The SMILES string of the molecule is Cc1cncc(N2CCN(C3CC3)CC2)n1. The highest BCUT2D eigenvalue weighted by molar-refractivity contribution is 5.36. The largest absolute Gasteiger partial charge is 0.353 e. The van der Waals surface area contributed by atoms with Crippen molar-refractivity contribution in [3.8, 4) is 0 Å². The first-order valence-corrected chi connectivity index (χ1v) is 6.10. The summed E-state index contributed by atoms with van der Waals surface area (Å²) in [6.07, 6.45) is 6.50. The summed E-state index contributed by atoms with van der Waals surface area (Å²) in [5.41, 5.74) is 1.00. The van der Waals surface area contributed by atoms with Crippen molar-refractivity contribution < 1.29 is 0 Å². The van der Waals surface area contributed by atoms with Gasteiger partial charge in [0.1, 0.15) is 5.82 Å². The second kappa shape index (κ2) is 4.01. The molecular weight excluding hydrogens is 200 g/mol. The van der Waals surface area contributed by atoms with Crippen molar-refractivity contribution in [2.75, 3.05) is 31.1 Å². The number of aryl methyl sites for hydroxylation is 1. The molecule has 0 bridgehead atoms. The smallest absolute Gasteiger partial charge is 0.147 e. The van der Waals surface area contributed by atoms with Crippen LogP contribution in [0.4, 0.5) is 5.82 Å². The molecular formula is C12H18N4. The summed E-state index contributed by atoms with van der Waals surface area (Å²) in [6, 6.07) is 0.894. The van der Waals surface area contributed by atoms with E-state index in [1.807, 2.05) is 19.3 Å². The van der Waals surface area contributed by atoms with Gasteiger partial charge in [-0.25, -0.2) is 4.98 Å². The van der Waals surface area contributed by atoms with Gasteiger partial charge in [0.25, 0.3) is 0 Å². The molecule has 0 atom stereocenters. The van der Waals surface area contributed by atoms with Gasteiger partial charge in [0.15, 0.2) is 0 Å². The average Bonchev–Trinajstić information content (AvgIpc) is 3.13. The Kier molecular flexibility index (Phi) is 2.52. The topological polar surface area (TPSA) is 32.3 Å². The van der Waals surface area contributed by atoms with E-state index in [0.717, 1.165) is 30.6 Å². The Morgan fingerprint density at radius 1 is 1.12 bits per heavy atom. The van der Waals surface area contributed by atoms with E-state index in [1.165, 1.54) is 25.9 Å². The van der Waals surface area contributed by atoms with Crippen LogP contribution in [-0.4, -0.2) is 47.1 Å². The van der Waals surface area contributed by atoms with Gasteiger partial charge >= 0.3 is 0 Å². The molecule has 1 saturated heterocycles. The molecule has 1 saturated carbocycles. The van der Waals surface area contributed by atoms with E-state index < -0.39 is 0 Å². The van der Waals surface area contributed by atoms with Crippen molar-refractivity contribution in [2.45, 2.75) is 25.8 Å². The van der Waals surface area contributed by atoms with Crippen molar-refractivity contribution in [1.82, 2.24) is 14.9 Å². The highest BCUT2D eigenvalue weighted by atomic mass is 15.3. The summed E-state index contributed by atoms with van der Waals surface area (Å²) in [7, 11) is 0. The quantitative estimate of drug-likeness (QED) is 0.743. The fourth-order valence-electron chi connectivity index (χ4n) is 2.36. The number of piperazine rings is 1. The van der Waals surface area contributed by atoms with Gasteiger partial charge in [0.05, 0.1) is 11.9 Å². The zero-order chi connectivity index (χ0) is 11.0. The molecule has 1 aliphatic heterocycles. The molecule has 0 amide bonds. The average molecular weight is 218 g/mol. The monoisotopic (exact) mass is 218 g/mol. The highest BCUT2D eigenvalue weighted by Gasteiger charge is 2.31. The lowest BCUT2D eigenvalue weighted by Crippen LogP contribution is -2.47. The molecule has 3 rings (SSSR count). The normalized spacial score (nSPS) is 22.4. The molecule has 2 heterocycles. The first kappa shape index (κ1) is 10.0. The van der Waals surface area contributed by atoms with Crippen LogP contribution in [0, 0.1) is 6.92 Å². The summed E-state index contributed by atoms with van der Waals surface area (Å²) in [5, 5.41) is 0. The maximum Gasteiger partial charge on any atom is 0.147 e. The molecule has 0 N–H and O–H groups in total. The predicted octanol–water partition coefficient (Wildman–Crippen LogP) is 1.07. The Morgan fingerprint density at radius 3 is 2.50 bits per heavy atom. The van der Waals surface area contributed by atoms with Gasteiger partial charge in [0, 0.05) is 38.4 Å². The minimum atomic E-state index is 0.894. The third-order valence-corrected chi connectivity index (χ3v) is 3.44. The van der Waals surface area contributed by atoms with E-state index in [9.17, 15) is 0 Å². The fourth-order valence-corrected chi connectivity index (χ4v) is 2.36. The van der Waals surface area contributed by atoms with Gasteiger partial charge in [0.2, 0.25) is 0 Å². The molecule has 0 unspecified atom stereocenters. The summed E-state index contributed by atoms with van der Waals surface area (Å²) in [4.78, 5) is 13.7. The van der Waals surface area contributed by atoms with Crippen LogP contribution in [0.5, 0.6) is 0 Å². The number of aromatic nitrogens is 2. The number of rotatable bonds is 2. The Hall–Kier alpha value is -1.16. The first-order valence-electron chi connectivity index (χ1n) is 6.10. The molecule has 2 fully saturated rings. The Bertz CT molecular complexity index is 367. The van der Waals surface area contributed by atoms with Gasteiger partial charge in [-0.1, -0.05) is 0 Å². The van der Waals surface area contributed by atoms with Gasteiger partial charge in [-0.05, 0) is 19.8 Å². The van der Waals surface area contributed by atoms with E-state index in [4.69, 9.17) is 0 Å². The number of hydrogen-bond donors (Lipinski definition) is 0. The molecule has 1 aliphatic carbocycles. The van der Waals surface area contributed by atoms with E-state index in [1.54, 1.807) is 0 Å². The minimum Gasteiger partial charge on any atom is -0.353 e. The molecule has 4 nitrogen and oxygen atoms in total. The maximum atomic E-state index is 4.53. The van der Waals surface area contributed by atoms with Crippen LogP contribution < -0.4 is 4.90 Å². The van der Waals surface area contributed by atoms with E-state index in [-0.39, 0.29) is 0 Å². The molecule has 16 heavy (non-hydrogen) atoms. The standard InChI is InChI=1S/C12H18N4/c1-10-8-13-9-12(14-10)16-6-4-15(5-7-16)11-2-3-11/h8-9,11H,2-7H2,1H3. The molecule has 4 heteroatoms. The lowest BCUT2D eigenvalue weighted by atomic mass is 10.3. The van der Waals surface area contributed by atoms with Gasteiger partial charge < -0.3 is 4.90 Å². The summed E-state index contributed by atoms with van der Waals surface area (Å²) >= 11 is 0. The molecule has 1 aromatic rings. The summed E-state index contributed by atoms with van der Waals surface area (Å²) in [6.45, 7) is 6.54. The van der Waals surface area contributed by atoms with Crippen molar-refractivity contribution in [3.63, 3.8) is 0 Å². The Morgan fingerprint density at radius 2 is 1.88 bits per heavy atom. The molecule has 0 aromatic carbocycles. The van der Waals surface area contributed by atoms with Crippen LogP contribution in [0.15, 0.2) is 12.4 Å². The van der Waals surface area contributed by atoms with Crippen molar-refractivity contribution in [2.24, 2.45) is 0 Å². The second-order valence-corrected chi connectivity index (χ2v) is 4.77. The number of hydrogen-bond acceptors (Lipinski definition) is 4. The van der Waals surface area contributed by atoms with Crippen molar-refractivity contribution >= 4 is 5.82 Å². The van der Waals surface area contributed by atoms with Gasteiger partial charge in [-0.2, -0.15) is 0 Å². The number of anilines is 1. The van der Waals surface area contributed by atoms with E-state index >= 15 is 0 Å². The Balaban J connectivity index is 1.64. The lowest BCUT2D eigenvalue weighted by Gasteiger charge is -2.35. The molecule has 86 valence electrons. The lowest BCUT2D eigenvalue weighted by molar-refractivity contribution is 0.247. The first-order chi connectivity index (χ1) is 7.83. The van der Waals surface area contributed by atoms with Crippen LogP contribution in [0.25, 0.3) is 0 Å². The molecule has 2 aliphatic rings. The van der Waals surface area contributed by atoms with Crippen LogP contribution in [0.3, 0.4) is 0 Å². The second-order valence-electron chi connectivity index (χ2n) is 4.77. The zero-order valence-corrected chi connectivity index (χ0v) is 9.76. The van der Waals surface area contributed by atoms with Crippen molar-refractivity contribution in [3.05, 3.63) is 18.1 Å². The highest BCUT2D eigenvalue weighted by Crippen LogP contribution is 2.28. The predicted molar refractivity (Wildman–Crippen MR) is 63.6 cm³/mol. The fraction of sp³-hybridized carbons (Fsp3) is 0.667. The van der Waals surface area contributed by atoms with Crippen LogP contribution in [0.1, 0.15) is 18.5 Å². The van der Waals surface area contributed by atoms with Crippen molar-refractivity contribution in [1.29, 1.82) is 0 Å². The Labute approximate surface area is 96.3 Å². The molecule has 0 radical (unpaired) electrons. The summed E-state index contributed by atoms with van der Waals surface area (Å²) in [5.74, 6) is 1.04. The third-order valence-electron chi connectivity index (χ3n) is 3.44.